The molecule has 0 atom stereocenters. The Morgan fingerprint density at radius 3 is 3.45 bits per heavy atom. The van der Waals surface area contributed by atoms with Gasteiger partial charge in [-0.2, -0.15) is 0 Å². The van der Waals surface area contributed by atoms with Gasteiger partial charge in [0.25, 0.3) is 12.5 Å². The predicted octanol–water partition coefficient (Wildman–Crippen LogP) is 0.451. The van der Waals surface area contributed by atoms with Crippen molar-refractivity contribution in [2.75, 3.05) is 5.32 Å². The molecule has 2 heterocycles. The third-order valence-corrected chi connectivity index (χ3v) is 1.26. The highest BCUT2D eigenvalue weighted by molar-refractivity contribution is 5.98. The molecule has 1 N–H and O–H groups in total. The highest BCUT2D eigenvalue weighted by atomic mass is 16.5. The zero-order chi connectivity index (χ0) is 7.68. The Labute approximate surface area is 63.2 Å². The summed E-state index contributed by atoms with van der Waals surface area (Å²) >= 11 is 0. The zero-order valence-electron chi connectivity index (χ0n) is 5.50. The van der Waals surface area contributed by atoms with E-state index < -0.39 is 5.91 Å². The van der Waals surface area contributed by atoms with Crippen LogP contribution in [0.3, 0.4) is 0 Å². The number of carbonyl (C=O) groups is 1. The Bertz CT molecular complexity index is 298. The van der Waals surface area contributed by atoms with Crippen LogP contribution in [0.2, 0.25) is 0 Å². The second kappa shape index (κ2) is 2.23. The molecule has 1 aliphatic heterocycles. The number of nitrogens with one attached hydrogen (secondary N) is 1. The van der Waals surface area contributed by atoms with E-state index in [2.05, 4.69) is 16.9 Å². The molecular weight excluding hydrogens is 144 g/mol. The molecule has 0 saturated carbocycles. The SMILES string of the molecule is O=C1[C]Oc2cccnc2N1. The molecular formula is C7H4N2O2. The van der Waals surface area contributed by atoms with Crippen molar-refractivity contribution in [3.8, 4) is 5.75 Å². The average Bonchev–Trinajstić information content (AvgIpc) is 2.04. The lowest BCUT2D eigenvalue weighted by molar-refractivity contribution is -0.115. The van der Waals surface area contributed by atoms with Gasteiger partial charge in [0.1, 0.15) is 0 Å². The van der Waals surface area contributed by atoms with Crippen molar-refractivity contribution in [2.45, 2.75) is 0 Å². The van der Waals surface area contributed by atoms with Crippen LogP contribution in [0.25, 0.3) is 0 Å². The Morgan fingerprint density at radius 2 is 2.55 bits per heavy atom. The molecule has 1 aromatic rings. The summed E-state index contributed by atoms with van der Waals surface area (Å²) in [5.41, 5.74) is 0. The number of ether oxygens (including phenoxy) is 1. The number of fused-ring (bicyclic) bond motifs is 1. The Hall–Kier alpha value is -1.58. The highest BCUT2D eigenvalue weighted by Gasteiger charge is 2.17. The van der Waals surface area contributed by atoms with Gasteiger partial charge >= 0.3 is 0 Å². The third-order valence-electron chi connectivity index (χ3n) is 1.26. The van der Waals surface area contributed by atoms with Crippen molar-refractivity contribution in [2.24, 2.45) is 0 Å². The first kappa shape index (κ1) is 6.15. The summed E-state index contributed by atoms with van der Waals surface area (Å²) in [4.78, 5) is 14.5. The van der Waals surface area contributed by atoms with Crippen molar-refractivity contribution in [3.05, 3.63) is 24.9 Å². The van der Waals surface area contributed by atoms with E-state index in [1.807, 2.05) is 0 Å². The molecule has 1 amide bonds. The van der Waals surface area contributed by atoms with Crippen molar-refractivity contribution >= 4 is 11.7 Å². The molecule has 2 radical (unpaired) electrons. The van der Waals surface area contributed by atoms with E-state index in [-0.39, 0.29) is 0 Å². The van der Waals surface area contributed by atoms with Crippen LogP contribution in [0, 0.1) is 6.61 Å². The summed E-state index contributed by atoms with van der Waals surface area (Å²) in [6, 6.07) is 3.42. The molecule has 1 aromatic heterocycles. The van der Waals surface area contributed by atoms with E-state index in [0.29, 0.717) is 11.6 Å². The molecule has 0 saturated heterocycles. The fourth-order valence-electron chi connectivity index (χ4n) is 0.801. The van der Waals surface area contributed by atoms with Crippen molar-refractivity contribution in [3.63, 3.8) is 0 Å². The molecule has 0 aliphatic carbocycles. The molecule has 2 rings (SSSR count). The van der Waals surface area contributed by atoms with Gasteiger partial charge in [-0.15, -0.1) is 0 Å². The van der Waals surface area contributed by atoms with Crippen LogP contribution in [-0.4, -0.2) is 10.9 Å². The first-order valence-corrected chi connectivity index (χ1v) is 3.05. The molecule has 0 unspecified atom stereocenters. The number of anilines is 1. The Morgan fingerprint density at radius 1 is 1.64 bits per heavy atom. The number of hydrogen-bond acceptors (Lipinski definition) is 3. The lowest BCUT2D eigenvalue weighted by atomic mass is 10.4. The summed E-state index contributed by atoms with van der Waals surface area (Å²) in [5.74, 6) is 0.555. The predicted molar refractivity (Wildman–Crippen MR) is 36.7 cm³/mol. The summed E-state index contributed by atoms with van der Waals surface area (Å²) in [5, 5.41) is 2.47. The molecule has 1 aliphatic rings. The number of aromatic nitrogens is 1. The third kappa shape index (κ3) is 1.02. The molecule has 54 valence electrons. The lowest BCUT2D eigenvalue weighted by Crippen LogP contribution is -2.21. The molecule has 0 bridgehead atoms. The zero-order valence-corrected chi connectivity index (χ0v) is 5.50. The van der Waals surface area contributed by atoms with Crippen LogP contribution in [0.4, 0.5) is 5.82 Å². The van der Waals surface area contributed by atoms with E-state index in [1.165, 1.54) is 0 Å². The van der Waals surface area contributed by atoms with Gasteiger partial charge in [-0.1, -0.05) is 0 Å². The quantitative estimate of drug-likeness (QED) is 0.581. The van der Waals surface area contributed by atoms with E-state index in [4.69, 9.17) is 4.74 Å². The number of pyridine rings is 1. The van der Waals surface area contributed by atoms with E-state index in [1.54, 1.807) is 18.3 Å². The minimum Gasteiger partial charge on any atom is -0.463 e. The second-order valence-electron chi connectivity index (χ2n) is 2.01. The molecule has 0 aromatic carbocycles. The number of hydrogen-bond donors (Lipinski definition) is 1. The van der Waals surface area contributed by atoms with Crippen LogP contribution in [0.1, 0.15) is 0 Å². The number of carbonyl (C=O) groups excluding carboxylic acids is 1. The monoisotopic (exact) mass is 148 g/mol. The maximum absolute atomic E-state index is 10.6. The fourth-order valence-corrected chi connectivity index (χ4v) is 0.801. The van der Waals surface area contributed by atoms with Crippen molar-refractivity contribution < 1.29 is 9.53 Å². The summed E-state index contributed by atoms with van der Waals surface area (Å²) in [6.45, 7) is 2.15. The van der Waals surface area contributed by atoms with Crippen LogP contribution in [-0.2, 0) is 4.79 Å². The van der Waals surface area contributed by atoms with Gasteiger partial charge in [0.05, 0.1) is 0 Å². The maximum Gasteiger partial charge on any atom is 0.293 e. The molecule has 0 spiro atoms. The molecule has 4 heteroatoms. The minimum absolute atomic E-state index is 0.406. The largest absolute Gasteiger partial charge is 0.463 e. The molecule has 4 nitrogen and oxygen atoms in total. The van der Waals surface area contributed by atoms with Gasteiger partial charge in [-0.3, -0.25) is 4.79 Å². The van der Waals surface area contributed by atoms with Gasteiger partial charge < -0.3 is 10.1 Å². The number of rotatable bonds is 0. The van der Waals surface area contributed by atoms with Crippen LogP contribution in [0.5, 0.6) is 5.75 Å². The Kier molecular flexibility index (Phi) is 1.25. The van der Waals surface area contributed by atoms with E-state index in [0.717, 1.165) is 0 Å². The first-order valence-electron chi connectivity index (χ1n) is 3.05. The van der Waals surface area contributed by atoms with Gasteiger partial charge in [0.2, 0.25) is 0 Å². The van der Waals surface area contributed by atoms with Crippen molar-refractivity contribution in [1.82, 2.24) is 4.98 Å². The standard InChI is InChI=1S/C7H4N2O2/c10-6-4-11-5-2-1-3-8-7(5)9-6/h1-3H,(H,8,9,10). The first-order chi connectivity index (χ1) is 5.36. The van der Waals surface area contributed by atoms with Crippen LogP contribution in [0.15, 0.2) is 18.3 Å². The fraction of sp³-hybridized carbons (Fsp3) is 0. The van der Waals surface area contributed by atoms with Crippen LogP contribution >= 0.6 is 0 Å². The topological polar surface area (TPSA) is 51.2 Å². The van der Waals surface area contributed by atoms with Gasteiger partial charge in [-0.25, -0.2) is 4.98 Å². The van der Waals surface area contributed by atoms with Crippen molar-refractivity contribution in [1.29, 1.82) is 0 Å². The lowest BCUT2D eigenvalue weighted by Gasteiger charge is -2.13. The highest BCUT2D eigenvalue weighted by Crippen LogP contribution is 2.24. The smallest absolute Gasteiger partial charge is 0.293 e. The van der Waals surface area contributed by atoms with Gasteiger partial charge in [0, 0.05) is 6.20 Å². The van der Waals surface area contributed by atoms with Gasteiger partial charge in [-0.05, 0) is 12.1 Å². The summed E-state index contributed by atoms with van der Waals surface area (Å²) in [7, 11) is 0. The second-order valence-corrected chi connectivity index (χ2v) is 2.01. The number of amides is 1. The van der Waals surface area contributed by atoms with E-state index in [9.17, 15) is 4.79 Å². The van der Waals surface area contributed by atoms with E-state index >= 15 is 0 Å². The Balaban J connectivity index is 2.41. The molecule has 0 fully saturated rings. The maximum atomic E-state index is 10.6. The van der Waals surface area contributed by atoms with Gasteiger partial charge in [0.15, 0.2) is 11.6 Å². The molecule has 11 heavy (non-hydrogen) atoms. The summed E-state index contributed by atoms with van der Waals surface area (Å²) < 4.78 is 4.81. The minimum atomic E-state index is -0.406. The summed E-state index contributed by atoms with van der Waals surface area (Å²) in [6.07, 6.45) is 1.58. The van der Waals surface area contributed by atoms with Crippen LogP contribution < -0.4 is 10.1 Å². The average molecular weight is 148 g/mol. The number of nitrogens with zero attached hydrogens (tertiary/aromatic N) is 1. The normalized spacial score (nSPS) is 14.7.